The second kappa shape index (κ2) is 8.32. The molecule has 0 atom stereocenters. The highest BCUT2D eigenvalue weighted by Crippen LogP contribution is 2.34. The van der Waals surface area contributed by atoms with Crippen molar-refractivity contribution in [3.63, 3.8) is 0 Å². The number of nitrogens with zero attached hydrogens (tertiary/aromatic N) is 2. The SMILES string of the molecule is CC(=O)Nc1c(-c2ccc(Cl)cc2)c(C)nn1-c1ccc(C(=O)NC(C)(C)C)cc1. The van der Waals surface area contributed by atoms with E-state index >= 15 is 0 Å². The number of benzene rings is 2. The van der Waals surface area contributed by atoms with Crippen LogP contribution in [0.25, 0.3) is 16.8 Å². The van der Waals surface area contributed by atoms with Crippen molar-refractivity contribution in [2.45, 2.75) is 40.2 Å². The van der Waals surface area contributed by atoms with E-state index in [1.165, 1.54) is 6.92 Å². The number of nitrogens with one attached hydrogen (secondary N) is 2. The van der Waals surface area contributed by atoms with E-state index in [0.717, 1.165) is 22.5 Å². The lowest BCUT2D eigenvalue weighted by molar-refractivity contribution is -0.114. The highest BCUT2D eigenvalue weighted by molar-refractivity contribution is 6.30. The molecular formula is C23H25ClN4O2. The van der Waals surface area contributed by atoms with E-state index in [1.807, 2.05) is 39.8 Å². The Morgan fingerprint density at radius 1 is 1.00 bits per heavy atom. The summed E-state index contributed by atoms with van der Waals surface area (Å²) < 4.78 is 1.67. The molecule has 1 aromatic heterocycles. The summed E-state index contributed by atoms with van der Waals surface area (Å²) in [6.07, 6.45) is 0. The monoisotopic (exact) mass is 424 g/mol. The first-order valence-corrected chi connectivity index (χ1v) is 9.99. The summed E-state index contributed by atoms with van der Waals surface area (Å²) in [5, 5.41) is 11.1. The van der Waals surface area contributed by atoms with Crippen molar-refractivity contribution in [2.75, 3.05) is 5.32 Å². The van der Waals surface area contributed by atoms with E-state index < -0.39 is 0 Å². The minimum absolute atomic E-state index is 0.144. The molecule has 3 aromatic rings. The lowest BCUT2D eigenvalue weighted by atomic mass is 10.1. The Morgan fingerprint density at radius 3 is 2.13 bits per heavy atom. The van der Waals surface area contributed by atoms with Gasteiger partial charge in [-0.3, -0.25) is 9.59 Å². The van der Waals surface area contributed by atoms with Crippen LogP contribution in [0.5, 0.6) is 0 Å². The van der Waals surface area contributed by atoms with Gasteiger partial charge in [-0.1, -0.05) is 23.7 Å². The second-order valence-electron chi connectivity index (χ2n) is 8.16. The van der Waals surface area contributed by atoms with Gasteiger partial charge in [0.05, 0.1) is 11.4 Å². The molecule has 6 nitrogen and oxygen atoms in total. The average Bonchev–Trinajstić information content (AvgIpc) is 2.96. The van der Waals surface area contributed by atoms with E-state index in [4.69, 9.17) is 11.6 Å². The van der Waals surface area contributed by atoms with Gasteiger partial charge in [0.2, 0.25) is 5.91 Å². The number of rotatable bonds is 4. The molecule has 0 bridgehead atoms. The quantitative estimate of drug-likeness (QED) is 0.619. The Kier molecular flexibility index (Phi) is 5.99. The molecule has 2 amide bonds. The third-order valence-electron chi connectivity index (χ3n) is 4.35. The van der Waals surface area contributed by atoms with E-state index in [9.17, 15) is 9.59 Å². The molecule has 2 N–H and O–H groups in total. The maximum Gasteiger partial charge on any atom is 0.251 e. The number of halogens is 1. The first kappa shape index (κ1) is 21.6. The zero-order valence-electron chi connectivity index (χ0n) is 17.7. The molecule has 0 spiro atoms. The van der Waals surface area contributed by atoms with E-state index in [1.54, 1.807) is 41.1 Å². The number of anilines is 1. The van der Waals surface area contributed by atoms with Crippen LogP contribution >= 0.6 is 11.6 Å². The molecule has 7 heteroatoms. The van der Waals surface area contributed by atoms with Gasteiger partial charge in [0.25, 0.3) is 5.91 Å². The zero-order valence-corrected chi connectivity index (χ0v) is 18.5. The lowest BCUT2D eigenvalue weighted by Crippen LogP contribution is -2.40. The number of hydrogen-bond acceptors (Lipinski definition) is 3. The van der Waals surface area contributed by atoms with Crippen LogP contribution in [-0.2, 0) is 4.79 Å². The third kappa shape index (κ3) is 4.89. The van der Waals surface area contributed by atoms with E-state index in [2.05, 4.69) is 15.7 Å². The smallest absolute Gasteiger partial charge is 0.251 e. The molecule has 0 aliphatic rings. The van der Waals surface area contributed by atoms with Crippen molar-refractivity contribution in [3.05, 3.63) is 64.8 Å². The Hall–Kier alpha value is -3.12. The maximum atomic E-state index is 12.4. The number of hydrogen-bond donors (Lipinski definition) is 2. The largest absolute Gasteiger partial charge is 0.347 e. The predicted molar refractivity (Wildman–Crippen MR) is 120 cm³/mol. The standard InChI is InChI=1S/C23H25ClN4O2/c1-14-20(16-6-10-18(24)11-7-16)21(25-15(2)29)28(27-14)19-12-8-17(9-13-19)22(30)26-23(3,4)5/h6-13H,1-5H3,(H,25,29)(H,26,30). The first-order valence-electron chi connectivity index (χ1n) is 9.61. The summed E-state index contributed by atoms with van der Waals surface area (Å²) in [6, 6.07) is 14.5. The van der Waals surface area contributed by atoms with Crippen molar-refractivity contribution in [1.82, 2.24) is 15.1 Å². The number of aromatic nitrogens is 2. The van der Waals surface area contributed by atoms with Gasteiger partial charge < -0.3 is 10.6 Å². The molecule has 3 rings (SSSR count). The van der Waals surface area contributed by atoms with Gasteiger partial charge in [0.15, 0.2) is 0 Å². The summed E-state index contributed by atoms with van der Waals surface area (Å²) in [5.74, 6) is 0.219. The summed E-state index contributed by atoms with van der Waals surface area (Å²) in [5.41, 5.74) is 3.44. The summed E-state index contributed by atoms with van der Waals surface area (Å²) in [6.45, 7) is 9.15. The minimum atomic E-state index is -0.319. The number of carbonyl (C=O) groups excluding carboxylic acids is 2. The van der Waals surface area contributed by atoms with E-state index in [0.29, 0.717) is 16.4 Å². The van der Waals surface area contributed by atoms with Crippen molar-refractivity contribution < 1.29 is 9.59 Å². The maximum absolute atomic E-state index is 12.4. The van der Waals surface area contributed by atoms with Crippen LogP contribution < -0.4 is 10.6 Å². The summed E-state index contributed by atoms with van der Waals surface area (Å²) in [7, 11) is 0. The van der Waals surface area contributed by atoms with Crippen LogP contribution in [0.2, 0.25) is 5.02 Å². The molecule has 0 fully saturated rings. The molecule has 0 aliphatic carbocycles. The molecular weight excluding hydrogens is 400 g/mol. The molecule has 0 aliphatic heterocycles. The molecule has 30 heavy (non-hydrogen) atoms. The summed E-state index contributed by atoms with van der Waals surface area (Å²) >= 11 is 6.02. The number of aryl methyl sites for hydroxylation is 1. The molecule has 0 radical (unpaired) electrons. The highest BCUT2D eigenvalue weighted by Gasteiger charge is 2.20. The van der Waals surface area contributed by atoms with Gasteiger partial charge >= 0.3 is 0 Å². The number of carbonyl (C=O) groups is 2. The van der Waals surface area contributed by atoms with Crippen LogP contribution in [0, 0.1) is 6.92 Å². The molecule has 2 aromatic carbocycles. The molecule has 156 valence electrons. The highest BCUT2D eigenvalue weighted by atomic mass is 35.5. The van der Waals surface area contributed by atoms with Crippen molar-refractivity contribution in [2.24, 2.45) is 0 Å². The van der Waals surface area contributed by atoms with Crippen molar-refractivity contribution >= 4 is 29.2 Å². The number of amides is 2. The fraction of sp³-hybridized carbons (Fsp3) is 0.261. The van der Waals surface area contributed by atoms with Gasteiger partial charge in [0, 0.05) is 28.6 Å². The molecule has 0 saturated heterocycles. The van der Waals surface area contributed by atoms with Crippen LogP contribution in [0.15, 0.2) is 48.5 Å². The zero-order chi connectivity index (χ0) is 22.1. The second-order valence-corrected chi connectivity index (χ2v) is 8.60. The Labute approximate surface area is 181 Å². The topological polar surface area (TPSA) is 76.0 Å². The van der Waals surface area contributed by atoms with Crippen molar-refractivity contribution in [3.8, 4) is 16.8 Å². The van der Waals surface area contributed by atoms with Crippen LogP contribution in [-0.4, -0.2) is 27.1 Å². The van der Waals surface area contributed by atoms with Crippen LogP contribution in [0.4, 0.5) is 5.82 Å². The fourth-order valence-corrected chi connectivity index (χ4v) is 3.25. The third-order valence-corrected chi connectivity index (χ3v) is 4.60. The Balaban J connectivity index is 2.03. The minimum Gasteiger partial charge on any atom is -0.347 e. The Bertz CT molecular complexity index is 1080. The fourth-order valence-electron chi connectivity index (χ4n) is 3.13. The normalized spacial score (nSPS) is 11.3. The first-order chi connectivity index (χ1) is 14.0. The van der Waals surface area contributed by atoms with Gasteiger partial charge in [-0.05, 0) is 69.7 Å². The van der Waals surface area contributed by atoms with Gasteiger partial charge in [-0.25, -0.2) is 4.68 Å². The molecule has 1 heterocycles. The summed E-state index contributed by atoms with van der Waals surface area (Å²) in [4.78, 5) is 24.3. The average molecular weight is 425 g/mol. The Morgan fingerprint density at radius 2 is 1.60 bits per heavy atom. The van der Waals surface area contributed by atoms with Gasteiger partial charge in [-0.15, -0.1) is 0 Å². The molecule has 0 unspecified atom stereocenters. The molecule has 0 saturated carbocycles. The van der Waals surface area contributed by atoms with Crippen LogP contribution in [0.1, 0.15) is 43.7 Å². The van der Waals surface area contributed by atoms with Gasteiger partial charge in [-0.2, -0.15) is 5.10 Å². The van der Waals surface area contributed by atoms with E-state index in [-0.39, 0.29) is 17.4 Å². The van der Waals surface area contributed by atoms with Crippen molar-refractivity contribution in [1.29, 1.82) is 0 Å². The lowest BCUT2D eigenvalue weighted by Gasteiger charge is -2.20. The van der Waals surface area contributed by atoms with Crippen LogP contribution in [0.3, 0.4) is 0 Å². The predicted octanol–water partition coefficient (Wildman–Crippen LogP) is 4.99. The van der Waals surface area contributed by atoms with Gasteiger partial charge in [0.1, 0.15) is 5.82 Å².